The smallest absolute Gasteiger partial charge is 0.420 e. The van der Waals surface area contributed by atoms with Crippen molar-refractivity contribution in [2.45, 2.75) is 6.18 Å². The minimum atomic E-state index is -4.83. The van der Waals surface area contributed by atoms with Gasteiger partial charge < -0.3 is 4.74 Å². The fourth-order valence-electron chi connectivity index (χ4n) is 0.864. The molecule has 0 spiro atoms. The van der Waals surface area contributed by atoms with Gasteiger partial charge in [0.05, 0.1) is 7.11 Å². The molecule has 0 saturated carbocycles. The zero-order chi connectivity index (χ0) is 11.6. The van der Waals surface area contributed by atoms with E-state index in [0.717, 1.165) is 13.2 Å². The molecule has 0 aliphatic rings. The highest BCUT2D eigenvalue weighted by Gasteiger charge is 2.35. The Labute approximate surface area is 81.7 Å². The molecular formula is C8H5F4NO2. The molecule has 0 amide bonds. The molecule has 0 saturated heterocycles. The van der Waals surface area contributed by atoms with E-state index in [2.05, 4.69) is 9.72 Å². The van der Waals surface area contributed by atoms with Crippen LogP contribution < -0.4 is 0 Å². The largest absolute Gasteiger partial charge is 0.464 e. The molecule has 0 radical (unpaired) electrons. The van der Waals surface area contributed by atoms with Gasteiger partial charge in [-0.2, -0.15) is 17.6 Å². The van der Waals surface area contributed by atoms with Crippen LogP contribution in [0.2, 0.25) is 0 Å². The molecule has 0 unspecified atom stereocenters. The van der Waals surface area contributed by atoms with Crippen LogP contribution >= 0.6 is 0 Å². The lowest BCUT2D eigenvalue weighted by Gasteiger charge is -2.07. The van der Waals surface area contributed by atoms with E-state index in [1.54, 1.807) is 0 Å². The maximum absolute atomic E-state index is 12.8. The van der Waals surface area contributed by atoms with Crippen molar-refractivity contribution in [1.29, 1.82) is 0 Å². The van der Waals surface area contributed by atoms with Gasteiger partial charge in [0.1, 0.15) is 5.56 Å². The fourth-order valence-corrected chi connectivity index (χ4v) is 0.864. The van der Waals surface area contributed by atoms with Crippen molar-refractivity contribution in [3.63, 3.8) is 0 Å². The third-order valence-electron chi connectivity index (χ3n) is 1.55. The number of hydrogen-bond donors (Lipinski definition) is 0. The van der Waals surface area contributed by atoms with Crippen LogP contribution in [0.1, 0.15) is 16.1 Å². The van der Waals surface area contributed by atoms with Crippen LogP contribution in [-0.2, 0) is 10.9 Å². The molecule has 0 aromatic carbocycles. The number of esters is 1. The Hall–Kier alpha value is -1.66. The molecule has 0 N–H and O–H groups in total. The van der Waals surface area contributed by atoms with E-state index in [-0.39, 0.29) is 0 Å². The van der Waals surface area contributed by atoms with Gasteiger partial charge in [-0.05, 0) is 12.1 Å². The molecule has 3 nitrogen and oxygen atoms in total. The van der Waals surface area contributed by atoms with E-state index in [0.29, 0.717) is 6.07 Å². The number of rotatable bonds is 1. The fraction of sp³-hybridized carbons (Fsp3) is 0.250. The van der Waals surface area contributed by atoms with E-state index >= 15 is 0 Å². The van der Waals surface area contributed by atoms with E-state index in [1.807, 2.05) is 0 Å². The molecule has 1 rings (SSSR count). The quantitative estimate of drug-likeness (QED) is 0.415. The number of hydrogen-bond acceptors (Lipinski definition) is 3. The molecule has 1 aromatic heterocycles. The number of aromatic nitrogens is 1. The number of carbonyl (C=O) groups is 1. The summed E-state index contributed by atoms with van der Waals surface area (Å²) >= 11 is 0. The van der Waals surface area contributed by atoms with Crippen LogP contribution in [0.15, 0.2) is 12.1 Å². The molecule has 0 atom stereocenters. The second kappa shape index (κ2) is 3.84. The molecule has 0 fully saturated rings. The van der Waals surface area contributed by atoms with Crippen LogP contribution in [-0.4, -0.2) is 18.1 Å². The van der Waals surface area contributed by atoms with Crippen LogP contribution in [0.4, 0.5) is 17.6 Å². The number of pyridine rings is 1. The van der Waals surface area contributed by atoms with Gasteiger partial charge in [0.25, 0.3) is 0 Å². The number of alkyl halides is 3. The zero-order valence-corrected chi connectivity index (χ0v) is 7.43. The number of ether oxygens (including phenoxy) is 1. The first-order valence-corrected chi connectivity index (χ1v) is 3.68. The standard InChI is InChI=1S/C8H5F4NO2/c1-15-7(14)5-3-2-4(6(9)13-5)8(10,11)12/h2-3H,1H3. The van der Waals surface area contributed by atoms with Gasteiger partial charge in [0, 0.05) is 0 Å². The van der Waals surface area contributed by atoms with Crippen LogP contribution in [0.25, 0.3) is 0 Å². The summed E-state index contributed by atoms with van der Waals surface area (Å²) in [6.45, 7) is 0. The monoisotopic (exact) mass is 223 g/mol. The third kappa shape index (κ3) is 2.42. The Morgan fingerprint density at radius 3 is 2.40 bits per heavy atom. The van der Waals surface area contributed by atoms with Gasteiger partial charge in [-0.15, -0.1) is 0 Å². The Morgan fingerprint density at radius 1 is 1.40 bits per heavy atom. The predicted octanol–water partition coefficient (Wildman–Crippen LogP) is 2.03. The second-order valence-corrected chi connectivity index (χ2v) is 2.52. The van der Waals surface area contributed by atoms with Crippen molar-refractivity contribution in [1.82, 2.24) is 4.98 Å². The van der Waals surface area contributed by atoms with Gasteiger partial charge >= 0.3 is 12.1 Å². The van der Waals surface area contributed by atoms with E-state index in [1.165, 1.54) is 0 Å². The van der Waals surface area contributed by atoms with E-state index in [4.69, 9.17) is 0 Å². The topological polar surface area (TPSA) is 39.2 Å². The Kier molecular flexibility index (Phi) is 2.92. The van der Waals surface area contributed by atoms with Crippen molar-refractivity contribution >= 4 is 5.97 Å². The van der Waals surface area contributed by atoms with Crippen LogP contribution in [0.3, 0.4) is 0 Å². The summed E-state index contributed by atoms with van der Waals surface area (Å²) in [5.41, 5.74) is -2.03. The molecular weight excluding hydrogens is 218 g/mol. The molecule has 0 aliphatic carbocycles. The predicted molar refractivity (Wildman–Crippen MR) is 40.5 cm³/mol. The first kappa shape index (κ1) is 11.4. The SMILES string of the molecule is COC(=O)c1ccc(C(F)(F)F)c(F)n1. The second-order valence-electron chi connectivity index (χ2n) is 2.52. The third-order valence-corrected chi connectivity index (χ3v) is 1.55. The van der Waals surface area contributed by atoms with Crippen molar-refractivity contribution in [2.75, 3.05) is 7.11 Å². The number of halogens is 4. The lowest BCUT2D eigenvalue weighted by atomic mass is 10.2. The van der Waals surface area contributed by atoms with Crippen molar-refractivity contribution in [2.24, 2.45) is 0 Å². The number of nitrogens with zero attached hydrogens (tertiary/aromatic N) is 1. The maximum Gasteiger partial charge on any atom is 0.420 e. The average molecular weight is 223 g/mol. The first-order valence-electron chi connectivity index (χ1n) is 3.68. The maximum atomic E-state index is 12.8. The Bertz CT molecular complexity index is 389. The van der Waals surface area contributed by atoms with Crippen molar-refractivity contribution in [3.8, 4) is 0 Å². The van der Waals surface area contributed by atoms with Gasteiger partial charge in [0.2, 0.25) is 5.95 Å². The molecule has 15 heavy (non-hydrogen) atoms. The summed E-state index contributed by atoms with van der Waals surface area (Å²) in [5, 5.41) is 0. The molecule has 1 aromatic rings. The van der Waals surface area contributed by atoms with Gasteiger partial charge in [0.15, 0.2) is 5.69 Å². The highest BCUT2D eigenvalue weighted by molar-refractivity contribution is 5.87. The molecule has 0 bridgehead atoms. The van der Waals surface area contributed by atoms with Crippen LogP contribution in [0.5, 0.6) is 0 Å². The summed E-state index contributed by atoms with van der Waals surface area (Å²) < 4.78 is 53.2. The van der Waals surface area contributed by atoms with Crippen molar-refractivity contribution in [3.05, 3.63) is 29.3 Å². The number of carbonyl (C=O) groups excluding carboxylic acids is 1. The minimum Gasteiger partial charge on any atom is -0.464 e. The Balaban J connectivity index is 3.15. The lowest BCUT2D eigenvalue weighted by molar-refractivity contribution is -0.140. The first-order chi connectivity index (χ1) is 6.86. The average Bonchev–Trinajstić information content (AvgIpc) is 2.14. The van der Waals surface area contributed by atoms with Gasteiger partial charge in [-0.25, -0.2) is 9.78 Å². The normalized spacial score (nSPS) is 11.3. The van der Waals surface area contributed by atoms with Crippen molar-refractivity contribution < 1.29 is 27.1 Å². The summed E-state index contributed by atoms with van der Waals surface area (Å²) in [7, 11) is 1.01. The summed E-state index contributed by atoms with van der Waals surface area (Å²) in [4.78, 5) is 13.6. The molecule has 1 heterocycles. The summed E-state index contributed by atoms with van der Waals surface area (Å²) in [6.07, 6.45) is -4.83. The lowest BCUT2D eigenvalue weighted by Crippen LogP contribution is -2.13. The van der Waals surface area contributed by atoms with E-state index in [9.17, 15) is 22.4 Å². The minimum absolute atomic E-state index is 0.439. The summed E-state index contributed by atoms with van der Waals surface area (Å²) in [5.74, 6) is -2.74. The van der Waals surface area contributed by atoms with Gasteiger partial charge in [-0.1, -0.05) is 0 Å². The highest BCUT2D eigenvalue weighted by atomic mass is 19.4. The molecule has 0 aliphatic heterocycles. The van der Waals surface area contributed by atoms with Gasteiger partial charge in [-0.3, -0.25) is 0 Å². The number of methoxy groups -OCH3 is 1. The zero-order valence-electron chi connectivity index (χ0n) is 7.43. The summed E-state index contributed by atoms with van der Waals surface area (Å²) in [6, 6.07) is 1.19. The van der Waals surface area contributed by atoms with Crippen LogP contribution in [0, 0.1) is 5.95 Å². The van der Waals surface area contributed by atoms with E-state index < -0.39 is 29.4 Å². The Morgan fingerprint density at radius 2 is 2.00 bits per heavy atom. The molecule has 7 heteroatoms. The highest BCUT2D eigenvalue weighted by Crippen LogP contribution is 2.30. The molecule has 82 valence electrons.